The van der Waals surface area contributed by atoms with Gasteiger partial charge in [0.25, 0.3) is 0 Å². The van der Waals surface area contributed by atoms with E-state index in [4.69, 9.17) is 18.9 Å². The summed E-state index contributed by atoms with van der Waals surface area (Å²) in [6, 6.07) is 17.9. The topological polar surface area (TPSA) is 112 Å². The number of fused-ring (bicyclic) bond motifs is 4. The van der Waals surface area contributed by atoms with E-state index in [1.165, 1.54) is 13.8 Å². The maximum absolute atomic E-state index is 12.9. The minimum Gasteiger partial charge on any atom is -0.504 e. The number of ether oxygens (including phenoxy) is 4. The van der Waals surface area contributed by atoms with Crippen LogP contribution in [0.2, 0.25) is 0 Å². The SMILES string of the molecule is COc1cc2c(cc1O)[C@@H]1CC[C@@H]3Cc4cc(O)c(OC)cc4[C@H]4C[C@H](OC(C)=O)C[C@@H](OC(C)=O)[C@@H](C2)[C@]1(/C=C/c1ccccc1)[C@H]34. The highest BCUT2D eigenvalue weighted by molar-refractivity contribution is 5.67. The van der Waals surface area contributed by atoms with E-state index in [1.54, 1.807) is 14.2 Å². The monoisotopic (exact) mass is 652 g/mol. The first-order chi connectivity index (χ1) is 23.1. The minimum atomic E-state index is -0.529. The molecule has 3 aromatic rings. The Kier molecular flexibility index (Phi) is 8.38. The van der Waals surface area contributed by atoms with Crippen LogP contribution in [0.5, 0.6) is 23.0 Å². The van der Waals surface area contributed by atoms with E-state index in [2.05, 4.69) is 24.3 Å². The number of allylic oxidation sites excluding steroid dienone is 1. The third kappa shape index (κ3) is 5.39. The molecule has 0 spiro atoms. The number of rotatable bonds is 6. The maximum atomic E-state index is 12.9. The summed E-state index contributed by atoms with van der Waals surface area (Å²) in [6.45, 7) is 2.88. The van der Waals surface area contributed by atoms with Gasteiger partial charge in [0.15, 0.2) is 23.0 Å². The van der Waals surface area contributed by atoms with Crippen LogP contribution >= 0.6 is 0 Å². The highest BCUT2D eigenvalue weighted by Crippen LogP contribution is 2.69. The molecule has 0 heterocycles. The van der Waals surface area contributed by atoms with Gasteiger partial charge in [-0.3, -0.25) is 9.59 Å². The molecule has 2 N–H and O–H groups in total. The van der Waals surface area contributed by atoms with Crippen LogP contribution in [-0.4, -0.2) is 48.6 Å². The summed E-state index contributed by atoms with van der Waals surface area (Å²) in [7, 11) is 3.12. The van der Waals surface area contributed by atoms with Crippen LogP contribution in [-0.2, 0) is 31.9 Å². The number of carbonyl (C=O) groups excluding carboxylic acids is 2. The van der Waals surface area contributed by atoms with Crippen LogP contribution in [0.25, 0.3) is 6.08 Å². The molecule has 0 bridgehead atoms. The van der Waals surface area contributed by atoms with Crippen LogP contribution in [0.15, 0.2) is 60.7 Å². The molecule has 0 aromatic heterocycles. The number of carbonyl (C=O) groups is 2. The Labute approximate surface area is 281 Å². The number of phenols is 2. The van der Waals surface area contributed by atoms with Crippen LogP contribution in [0.3, 0.4) is 0 Å². The van der Waals surface area contributed by atoms with Crippen molar-refractivity contribution in [2.75, 3.05) is 14.2 Å². The Morgan fingerprint density at radius 3 is 2.21 bits per heavy atom. The Bertz CT molecular complexity index is 1750. The smallest absolute Gasteiger partial charge is 0.302 e. The molecule has 2 saturated carbocycles. The first kappa shape index (κ1) is 32.1. The van der Waals surface area contributed by atoms with Gasteiger partial charge in [0.1, 0.15) is 12.2 Å². The van der Waals surface area contributed by atoms with Gasteiger partial charge < -0.3 is 29.2 Å². The van der Waals surface area contributed by atoms with Crippen molar-refractivity contribution in [3.8, 4) is 23.0 Å². The Balaban J connectivity index is 1.52. The summed E-state index contributed by atoms with van der Waals surface area (Å²) < 4.78 is 23.5. The van der Waals surface area contributed by atoms with Gasteiger partial charge in [-0.25, -0.2) is 0 Å². The summed E-state index contributed by atoms with van der Waals surface area (Å²) in [6.07, 6.45) is 7.69. The fourth-order valence-corrected chi connectivity index (χ4v) is 10.1. The van der Waals surface area contributed by atoms with E-state index >= 15 is 0 Å². The molecular weight excluding hydrogens is 608 g/mol. The molecule has 0 amide bonds. The second-order valence-electron chi connectivity index (χ2n) is 14.1. The zero-order valence-corrected chi connectivity index (χ0v) is 28.0. The van der Waals surface area contributed by atoms with Crippen molar-refractivity contribution < 1.29 is 38.7 Å². The lowest BCUT2D eigenvalue weighted by Gasteiger charge is -2.64. The summed E-state index contributed by atoms with van der Waals surface area (Å²) in [5, 5.41) is 22.0. The van der Waals surface area contributed by atoms with Crippen molar-refractivity contribution in [3.05, 3.63) is 88.5 Å². The first-order valence-electron chi connectivity index (χ1n) is 17.0. The molecule has 7 rings (SSSR count). The zero-order valence-electron chi connectivity index (χ0n) is 28.0. The quantitative estimate of drug-likeness (QED) is 0.272. The zero-order chi connectivity index (χ0) is 33.7. The molecule has 4 aliphatic carbocycles. The molecule has 0 unspecified atom stereocenters. The van der Waals surface area contributed by atoms with E-state index in [0.717, 1.165) is 47.1 Å². The van der Waals surface area contributed by atoms with Gasteiger partial charge in [-0.15, -0.1) is 0 Å². The molecule has 4 aliphatic rings. The average Bonchev–Trinajstić information content (AvgIpc) is 3.05. The fourth-order valence-electron chi connectivity index (χ4n) is 10.1. The third-order valence-corrected chi connectivity index (χ3v) is 11.6. The number of hydrogen-bond donors (Lipinski definition) is 2. The molecule has 0 aliphatic heterocycles. The van der Waals surface area contributed by atoms with Crippen LogP contribution in [0.4, 0.5) is 0 Å². The lowest BCUT2D eigenvalue weighted by molar-refractivity contribution is -0.169. The fraction of sp³-hybridized carbons (Fsp3) is 0.450. The second kappa shape index (κ2) is 12.5. The lowest BCUT2D eigenvalue weighted by atomic mass is 9.40. The van der Waals surface area contributed by atoms with Crippen molar-refractivity contribution in [2.24, 2.45) is 23.2 Å². The number of methoxy groups -OCH3 is 2. The maximum Gasteiger partial charge on any atom is 0.302 e. The average molecular weight is 653 g/mol. The predicted molar refractivity (Wildman–Crippen MR) is 180 cm³/mol. The van der Waals surface area contributed by atoms with E-state index in [-0.39, 0.29) is 53.0 Å². The minimum absolute atomic E-state index is 0.00987. The molecule has 48 heavy (non-hydrogen) atoms. The van der Waals surface area contributed by atoms with Gasteiger partial charge in [0.2, 0.25) is 0 Å². The van der Waals surface area contributed by atoms with E-state index in [1.807, 2.05) is 42.5 Å². The highest BCUT2D eigenvalue weighted by atomic mass is 16.6. The highest BCUT2D eigenvalue weighted by Gasteiger charge is 2.63. The Morgan fingerprint density at radius 2 is 1.50 bits per heavy atom. The second-order valence-corrected chi connectivity index (χ2v) is 14.1. The van der Waals surface area contributed by atoms with Crippen molar-refractivity contribution in [3.63, 3.8) is 0 Å². The molecule has 8 atom stereocenters. The summed E-state index contributed by atoms with van der Waals surface area (Å²) in [4.78, 5) is 25.4. The van der Waals surface area contributed by atoms with Gasteiger partial charge in [-0.2, -0.15) is 0 Å². The number of benzene rings is 3. The third-order valence-electron chi connectivity index (χ3n) is 11.6. The van der Waals surface area contributed by atoms with Gasteiger partial charge in [-0.1, -0.05) is 42.5 Å². The van der Waals surface area contributed by atoms with Gasteiger partial charge in [0.05, 0.1) is 14.2 Å². The molecule has 0 saturated heterocycles. The molecule has 3 aromatic carbocycles. The van der Waals surface area contributed by atoms with Crippen molar-refractivity contribution in [1.82, 2.24) is 0 Å². The molecule has 2 fully saturated rings. The molecule has 0 radical (unpaired) electrons. The first-order valence-corrected chi connectivity index (χ1v) is 17.0. The number of aromatic hydroxyl groups is 2. The Hall–Kier alpha value is -4.46. The molecule has 252 valence electrons. The summed E-state index contributed by atoms with van der Waals surface area (Å²) in [5.74, 6) is 0.438. The van der Waals surface area contributed by atoms with Crippen molar-refractivity contribution in [2.45, 2.75) is 76.4 Å². The predicted octanol–water partition coefficient (Wildman–Crippen LogP) is 7.09. The number of hydrogen-bond acceptors (Lipinski definition) is 8. The summed E-state index contributed by atoms with van der Waals surface area (Å²) in [5.41, 5.74) is 4.95. The van der Waals surface area contributed by atoms with Crippen molar-refractivity contribution >= 4 is 18.0 Å². The van der Waals surface area contributed by atoms with Crippen LogP contribution < -0.4 is 9.47 Å². The molecule has 8 nitrogen and oxygen atoms in total. The Morgan fingerprint density at radius 1 is 0.812 bits per heavy atom. The molecule has 8 heteroatoms. The van der Waals surface area contributed by atoms with Gasteiger partial charge in [0, 0.05) is 31.6 Å². The number of phenolic OH excluding ortho intramolecular Hbond substituents is 2. The van der Waals surface area contributed by atoms with Gasteiger partial charge >= 0.3 is 11.9 Å². The van der Waals surface area contributed by atoms with Crippen molar-refractivity contribution in [1.29, 1.82) is 0 Å². The van der Waals surface area contributed by atoms with E-state index in [0.29, 0.717) is 30.8 Å². The summed E-state index contributed by atoms with van der Waals surface area (Å²) >= 11 is 0. The van der Waals surface area contributed by atoms with Crippen LogP contribution in [0.1, 0.15) is 79.2 Å². The largest absolute Gasteiger partial charge is 0.504 e. The standard InChI is InChI=1S/C40H44O8/c1-22(41)47-28-18-31-29-21-38(46-4)34(43)16-26(29)14-25-10-11-32-30-20-35(44)37(45-3)17-27(30)15-33(36(19-28)48-23(2)42)40(32,39(25)31)13-12-24-8-6-5-7-9-24/h5-9,12-13,16-17,20-21,25,28,31-33,36,39,43-44H,10-11,14-15,18-19H2,1-4H3/b13-12+/t25-,28+,31-,32+,33-,36-,39-,40-/m1/s1. The lowest BCUT2D eigenvalue weighted by Crippen LogP contribution is -2.59. The van der Waals surface area contributed by atoms with Gasteiger partial charge in [-0.05, 0) is 108 Å². The van der Waals surface area contributed by atoms with Crippen LogP contribution in [0, 0.1) is 23.2 Å². The normalized spacial score (nSPS) is 30.1. The van der Waals surface area contributed by atoms with E-state index in [9.17, 15) is 19.8 Å². The van der Waals surface area contributed by atoms with E-state index < -0.39 is 17.6 Å². The number of esters is 2. The molecular formula is C40H44O8.